The van der Waals surface area contributed by atoms with E-state index >= 15 is 0 Å². The first-order chi connectivity index (χ1) is 8.42. The van der Waals surface area contributed by atoms with Crippen molar-refractivity contribution in [3.05, 3.63) is 61.1 Å². The number of rotatable bonds is 2. The molecule has 0 spiro atoms. The van der Waals surface area contributed by atoms with E-state index < -0.39 is 0 Å². The number of hydrogen-bond acceptors (Lipinski definition) is 3. The third kappa shape index (κ3) is 2.08. The molecular formula is C14H11N3. The van der Waals surface area contributed by atoms with Crippen LogP contribution in [0, 0.1) is 0 Å². The topological polar surface area (TPSA) is 37.8 Å². The fourth-order valence-corrected chi connectivity index (χ4v) is 1.75. The maximum atomic E-state index is 4.33. The minimum Gasteiger partial charge on any atom is -0.354 e. The monoisotopic (exact) mass is 221 g/mol. The normalized spacial score (nSPS) is 10.4. The van der Waals surface area contributed by atoms with E-state index in [1.165, 1.54) is 0 Å². The summed E-state index contributed by atoms with van der Waals surface area (Å²) < 4.78 is 0. The van der Waals surface area contributed by atoms with Crippen LogP contribution in [0.5, 0.6) is 0 Å². The summed E-state index contributed by atoms with van der Waals surface area (Å²) in [5, 5.41) is 4.44. The quantitative estimate of drug-likeness (QED) is 0.721. The number of nitrogens with one attached hydrogen (secondary N) is 1. The Morgan fingerprint density at radius 3 is 2.71 bits per heavy atom. The number of hydrogen-bond donors (Lipinski definition) is 1. The lowest BCUT2D eigenvalue weighted by atomic mass is 10.2. The molecule has 0 aliphatic carbocycles. The van der Waals surface area contributed by atoms with Crippen molar-refractivity contribution in [2.45, 2.75) is 0 Å². The molecule has 17 heavy (non-hydrogen) atoms. The molecule has 0 atom stereocenters. The van der Waals surface area contributed by atoms with Crippen LogP contribution in [0.4, 0.5) is 11.4 Å². The van der Waals surface area contributed by atoms with Crippen LogP contribution in [0.15, 0.2) is 61.1 Å². The fraction of sp³-hybridized carbons (Fsp3) is 0. The first-order valence-electron chi connectivity index (χ1n) is 5.44. The molecule has 82 valence electrons. The predicted molar refractivity (Wildman–Crippen MR) is 69.3 cm³/mol. The van der Waals surface area contributed by atoms with Gasteiger partial charge in [-0.05, 0) is 30.3 Å². The minimum atomic E-state index is 0.975. The molecule has 3 nitrogen and oxygen atoms in total. The zero-order valence-electron chi connectivity index (χ0n) is 9.17. The molecule has 0 amide bonds. The van der Waals surface area contributed by atoms with Gasteiger partial charge in [0.15, 0.2) is 0 Å². The van der Waals surface area contributed by atoms with Gasteiger partial charge in [0, 0.05) is 23.5 Å². The van der Waals surface area contributed by atoms with E-state index in [0.29, 0.717) is 0 Å². The fourth-order valence-electron chi connectivity index (χ4n) is 1.75. The van der Waals surface area contributed by atoms with Crippen molar-refractivity contribution >= 4 is 22.3 Å². The maximum absolute atomic E-state index is 4.33. The van der Waals surface area contributed by atoms with Crippen molar-refractivity contribution in [2.24, 2.45) is 0 Å². The predicted octanol–water partition coefficient (Wildman–Crippen LogP) is 3.37. The molecule has 0 bridgehead atoms. The Labute approximate surface area is 99.2 Å². The van der Waals surface area contributed by atoms with E-state index in [1.807, 2.05) is 30.3 Å². The lowest BCUT2D eigenvalue weighted by Gasteiger charge is -2.06. The number of aromatic nitrogens is 2. The number of fused-ring (bicyclic) bond motifs is 1. The molecule has 3 heteroatoms. The van der Waals surface area contributed by atoms with Gasteiger partial charge in [0.05, 0.1) is 17.4 Å². The Morgan fingerprint density at radius 1 is 0.882 bits per heavy atom. The molecule has 0 saturated heterocycles. The highest BCUT2D eigenvalue weighted by molar-refractivity contribution is 5.82. The van der Waals surface area contributed by atoms with Gasteiger partial charge < -0.3 is 5.32 Å². The molecule has 0 aliphatic heterocycles. The minimum absolute atomic E-state index is 0.975. The SMILES string of the molecule is c1cncc(Nc2ccc3cccnc3c2)c1. The largest absolute Gasteiger partial charge is 0.354 e. The summed E-state index contributed by atoms with van der Waals surface area (Å²) in [6.07, 6.45) is 5.35. The van der Waals surface area contributed by atoms with Gasteiger partial charge in [-0.25, -0.2) is 0 Å². The third-order valence-corrected chi connectivity index (χ3v) is 2.56. The molecule has 0 fully saturated rings. The Balaban J connectivity index is 1.96. The highest BCUT2D eigenvalue weighted by Crippen LogP contribution is 2.20. The first-order valence-corrected chi connectivity index (χ1v) is 5.44. The zero-order chi connectivity index (χ0) is 11.5. The summed E-state index contributed by atoms with van der Waals surface area (Å²) in [7, 11) is 0. The first kappa shape index (κ1) is 9.78. The summed E-state index contributed by atoms with van der Waals surface area (Å²) in [4.78, 5) is 8.39. The van der Waals surface area contributed by atoms with Crippen LogP contribution in [-0.2, 0) is 0 Å². The van der Waals surface area contributed by atoms with E-state index in [1.54, 1.807) is 18.6 Å². The zero-order valence-corrected chi connectivity index (χ0v) is 9.17. The standard InChI is InChI=1S/C14H11N3/c1-3-11-5-6-12(9-14(11)16-8-1)17-13-4-2-7-15-10-13/h1-10,17H. The van der Waals surface area contributed by atoms with Gasteiger partial charge in [0.2, 0.25) is 0 Å². The molecule has 2 aromatic heterocycles. The second kappa shape index (κ2) is 4.22. The lowest BCUT2D eigenvalue weighted by molar-refractivity contribution is 1.32. The van der Waals surface area contributed by atoms with Crippen molar-refractivity contribution in [1.29, 1.82) is 0 Å². The number of nitrogens with zero attached hydrogens (tertiary/aromatic N) is 2. The van der Waals surface area contributed by atoms with E-state index in [4.69, 9.17) is 0 Å². The third-order valence-electron chi connectivity index (χ3n) is 2.56. The summed E-state index contributed by atoms with van der Waals surface area (Å²) in [5.74, 6) is 0. The summed E-state index contributed by atoms with van der Waals surface area (Å²) in [6.45, 7) is 0. The second-order valence-electron chi connectivity index (χ2n) is 3.78. The Hall–Kier alpha value is -2.42. The van der Waals surface area contributed by atoms with Crippen LogP contribution < -0.4 is 5.32 Å². The Kier molecular flexibility index (Phi) is 2.43. The van der Waals surface area contributed by atoms with Gasteiger partial charge in [0.1, 0.15) is 0 Å². The van der Waals surface area contributed by atoms with Crippen molar-refractivity contribution in [2.75, 3.05) is 5.32 Å². The van der Waals surface area contributed by atoms with Crippen molar-refractivity contribution in [3.63, 3.8) is 0 Å². The average molecular weight is 221 g/mol. The molecule has 1 aromatic carbocycles. The van der Waals surface area contributed by atoms with Crippen molar-refractivity contribution < 1.29 is 0 Å². The van der Waals surface area contributed by atoms with Gasteiger partial charge >= 0.3 is 0 Å². The molecule has 0 radical (unpaired) electrons. The number of benzene rings is 1. The van der Waals surface area contributed by atoms with Gasteiger partial charge in [0.25, 0.3) is 0 Å². The van der Waals surface area contributed by atoms with Gasteiger partial charge in [-0.2, -0.15) is 0 Å². The molecule has 0 saturated carbocycles. The molecule has 0 aliphatic rings. The van der Waals surface area contributed by atoms with E-state index in [0.717, 1.165) is 22.3 Å². The van der Waals surface area contributed by atoms with Crippen LogP contribution in [0.2, 0.25) is 0 Å². The van der Waals surface area contributed by atoms with E-state index in [2.05, 4.69) is 27.4 Å². The molecule has 3 rings (SSSR count). The highest BCUT2D eigenvalue weighted by atomic mass is 14.9. The van der Waals surface area contributed by atoms with E-state index in [-0.39, 0.29) is 0 Å². The molecule has 2 heterocycles. The van der Waals surface area contributed by atoms with Gasteiger partial charge in [-0.15, -0.1) is 0 Å². The summed E-state index contributed by atoms with van der Waals surface area (Å²) in [6, 6.07) is 14.0. The molecule has 0 unspecified atom stereocenters. The number of pyridine rings is 2. The summed E-state index contributed by atoms with van der Waals surface area (Å²) in [5.41, 5.74) is 2.98. The van der Waals surface area contributed by atoms with Crippen LogP contribution >= 0.6 is 0 Å². The Morgan fingerprint density at radius 2 is 1.82 bits per heavy atom. The van der Waals surface area contributed by atoms with Crippen LogP contribution in [0.1, 0.15) is 0 Å². The molecule has 1 N–H and O–H groups in total. The van der Waals surface area contributed by atoms with Crippen LogP contribution in [0.3, 0.4) is 0 Å². The average Bonchev–Trinajstić information content (AvgIpc) is 2.40. The Bertz CT molecular complexity index is 635. The van der Waals surface area contributed by atoms with E-state index in [9.17, 15) is 0 Å². The number of anilines is 2. The molecule has 3 aromatic rings. The lowest BCUT2D eigenvalue weighted by Crippen LogP contribution is -1.90. The second-order valence-corrected chi connectivity index (χ2v) is 3.78. The summed E-state index contributed by atoms with van der Waals surface area (Å²) >= 11 is 0. The van der Waals surface area contributed by atoms with Gasteiger partial charge in [-0.1, -0.05) is 12.1 Å². The maximum Gasteiger partial charge on any atom is 0.0722 e. The van der Waals surface area contributed by atoms with Crippen LogP contribution in [0.25, 0.3) is 10.9 Å². The van der Waals surface area contributed by atoms with Crippen LogP contribution in [-0.4, -0.2) is 9.97 Å². The highest BCUT2D eigenvalue weighted by Gasteiger charge is 1.97. The smallest absolute Gasteiger partial charge is 0.0722 e. The molecular weight excluding hydrogens is 210 g/mol. The van der Waals surface area contributed by atoms with Crippen molar-refractivity contribution in [1.82, 2.24) is 9.97 Å². The van der Waals surface area contributed by atoms with Gasteiger partial charge in [-0.3, -0.25) is 9.97 Å². The van der Waals surface area contributed by atoms with Crippen molar-refractivity contribution in [3.8, 4) is 0 Å².